The fourth-order valence-electron chi connectivity index (χ4n) is 3.07. The van der Waals surface area contributed by atoms with Gasteiger partial charge in [0.05, 0.1) is 20.3 Å². The molecule has 0 unspecified atom stereocenters. The van der Waals surface area contributed by atoms with E-state index >= 15 is 0 Å². The van der Waals surface area contributed by atoms with E-state index in [0.717, 1.165) is 23.1 Å². The molecule has 12 heteroatoms. The predicted molar refractivity (Wildman–Crippen MR) is 140 cm³/mol. The number of ether oxygens (including phenoxy) is 3. The van der Waals surface area contributed by atoms with Crippen molar-refractivity contribution in [1.82, 2.24) is 10.2 Å². The van der Waals surface area contributed by atoms with Crippen LogP contribution in [-0.2, 0) is 14.6 Å². The molecule has 1 amide bonds. The SMILES string of the molecule is COc1cc(/C=C(/C#N)C(=O)Nc2nnc(S(C)(=O)=O)s2)ccc1OCCCOc1cc(C)ccc1C. The molecule has 1 aromatic heterocycles. The molecule has 0 bridgehead atoms. The number of rotatable bonds is 11. The Morgan fingerprint density at radius 3 is 2.46 bits per heavy atom. The van der Waals surface area contributed by atoms with Crippen molar-refractivity contribution in [1.29, 1.82) is 5.26 Å². The summed E-state index contributed by atoms with van der Waals surface area (Å²) in [5, 5.41) is 19.0. The number of carbonyl (C=O) groups is 1. The van der Waals surface area contributed by atoms with Crippen LogP contribution in [0.4, 0.5) is 5.13 Å². The first-order valence-corrected chi connectivity index (χ1v) is 13.8. The minimum Gasteiger partial charge on any atom is -0.493 e. The Kier molecular flexibility index (Phi) is 9.21. The Morgan fingerprint density at radius 1 is 1.08 bits per heavy atom. The zero-order valence-corrected chi connectivity index (χ0v) is 22.4. The second-order valence-corrected chi connectivity index (χ2v) is 11.2. The van der Waals surface area contributed by atoms with Gasteiger partial charge in [-0.1, -0.05) is 29.5 Å². The van der Waals surface area contributed by atoms with Gasteiger partial charge >= 0.3 is 0 Å². The van der Waals surface area contributed by atoms with Gasteiger partial charge in [-0.2, -0.15) is 5.26 Å². The molecule has 0 fully saturated rings. The van der Waals surface area contributed by atoms with E-state index in [0.29, 0.717) is 48.0 Å². The first kappa shape index (κ1) is 27.6. The van der Waals surface area contributed by atoms with Crippen LogP contribution in [0.25, 0.3) is 6.08 Å². The van der Waals surface area contributed by atoms with Crippen molar-refractivity contribution in [3.63, 3.8) is 0 Å². The molecule has 0 aliphatic rings. The van der Waals surface area contributed by atoms with E-state index in [1.165, 1.54) is 13.2 Å². The third-order valence-electron chi connectivity index (χ3n) is 4.96. The molecule has 2 aromatic carbocycles. The maximum Gasteiger partial charge on any atom is 0.268 e. The van der Waals surface area contributed by atoms with Crippen LogP contribution in [0.15, 0.2) is 46.3 Å². The zero-order valence-electron chi connectivity index (χ0n) is 20.8. The molecule has 0 aliphatic heterocycles. The van der Waals surface area contributed by atoms with Gasteiger partial charge in [0, 0.05) is 12.7 Å². The number of benzene rings is 2. The van der Waals surface area contributed by atoms with Crippen LogP contribution in [0.3, 0.4) is 0 Å². The summed E-state index contributed by atoms with van der Waals surface area (Å²) in [4.78, 5) is 12.5. The normalized spacial score (nSPS) is 11.5. The summed E-state index contributed by atoms with van der Waals surface area (Å²) in [6, 6.07) is 12.9. The first-order chi connectivity index (χ1) is 17.6. The number of nitriles is 1. The molecular weight excluding hydrogens is 516 g/mol. The Morgan fingerprint density at radius 2 is 1.81 bits per heavy atom. The average Bonchev–Trinajstić information content (AvgIpc) is 3.34. The van der Waals surface area contributed by atoms with Gasteiger partial charge < -0.3 is 14.2 Å². The van der Waals surface area contributed by atoms with Gasteiger partial charge in [-0.25, -0.2) is 8.42 Å². The fourth-order valence-corrected chi connectivity index (χ4v) is 4.57. The highest BCUT2D eigenvalue weighted by Gasteiger charge is 2.18. The lowest BCUT2D eigenvalue weighted by Crippen LogP contribution is -2.13. The van der Waals surface area contributed by atoms with Crippen LogP contribution < -0.4 is 19.5 Å². The van der Waals surface area contributed by atoms with Crippen LogP contribution in [0.5, 0.6) is 17.2 Å². The fraction of sp³-hybridized carbons (Fsp3) is 0.280. The molecule has 3 rings (SSSR count). The predicted octanol–water partition coefficient (Wildman–Crippen LogP) is 3.96. The highest BCUT2D eigenvalue weighted by atomic mass is 32.2. The molecule has 0 aliphatic carbocycles. The van der Waals surface area contributed by atoms with Gasteiger partial charge in [-0.3, -0.25) is 10.1 Å². The number of carbonyl (C=O) groups excluding carboxylic acids is 1. The highest BCUT2D eigenvalue weighted by molar-refractivity contribution is 7.92. The third-order valence-corrected chi connectivity index (χ3v) is 7.46. The highest BCUT2D eigenvalue weighted by Crippen LogP contribution is 2.29. The molecule has 1 heterocycles. The van der Waals surface area contributed by atoms with Gasteiger partial charge in [0.2, 0.25) is 19.3 Å². The summed E-state index contributed by atoms with van der Waals surface area (Å²) in [6.45, 7) is 4.91. The van der Waals surface area contributed by atoms with Gasteiger partial charge in [0.25, 0.3) is 5.91 Å². The third kappa shape index (κ3) is 7.77. The van der Waals surface area contributed by atoms with Gasteiger partial charge in [-0.15, -0.1) is 10.2 Å². The molecule has 37 heavy (non-hydrogen) atoms. The van der Waals surface area contributed by atoms with Crippen LogP contribution in [0, 0.1) is 25.2 Å². The summed E-state index contributed by atoms with van der Waals surface area (Å²) in [5.74, 6) is 1.05. The Labute approximate surface area is 219 Å². The summed E-state index contributed by atoms with van der Waals surface area (Å²) >= 11 is 0.697. The maximum absolute atomic E-state index is 12.5. The van der Waals surface area contributed by atoms with Crippen molar-refractivity contribution in [3.8, 4) is 23.3 Å². The monoisotopic (exact) mass is 542 g/mol. The van der Waals surface area contributed by atoms with E-state index in [1.54, 1.807) is 18.2 Å². The van der Waals surface area contributed by atoms with Crippen molar-refractivity contribution in [2.45, 2.75) is 24.6 Å². The topological polar surface area (TPSA) is 140 Å². The minimum absolute atomic E-state index is 0.0329. The molecule has 1 N–H and O–H groups in total. The van der Waals surface area contributed by atoms with E-state index in [1.807, 2.05) is 38.1 Å². The number of aromatic nitrogens is 2. The van der Waals surface area contributed by atoms with Gasteiger partial charge in [0.15, 0.2) is 11.5 Å². The van der Waals surface area contributed by atoms with Crippen molar-refractivity contribution >= 4 is 38.3 Å². The Hall–Kier alpha value is -3.95. The standard InChI is InChI=1S/C25H26N4O6S2/c1-16-6-7-17(2)21(12-16)35-11-5-10-34-20-9-8-18(14-22(20)33-3)13-19(15-26)23(30)27-24-28-29-25(36-24)37(4,31)32/h6-9,12-14H,5,10-11H2,1-4H3,(H,27,28,30)/b19-13-. The van der Waals surface area contributed by atoms with E-state index < -0.39 is 15.7 Å². The molecule has 0 saturated carbocycles. The first-order valence-electron chi connectivity index (χ1n) is 11.1. The molecule has 194 valence electrons. The van der Waals surface area contributed by atoms with E-state index in [9.17, 15) is 18.5 Å². The number of aryl methyl sites for hydroxylation is 2. The average molecular weight is 543 g/mol. The lowest BCUT2D eigenvalue weighted by Gasteiger charge is -2.13. The van der Waals surface area contributed by atoms with E-state index in [-0.39, 0.29) is 15.0 Å². The van der Waals surface area contributed by atoms with Crippen molar-refractivity contribution in [3.05, 3.63) is 58.7 Å². The molecule has 0 spiro atoms. The quantitative estimate of drug-likeness (QED) is 0.165. The second-order valence-electron chi connectivity index (χ2n) is 8.00. The maximum atomic E-state index is 12.5. The minimum atomic E-state index is -3.55. The lowest BCUT2D eigenvalue weighted by molar-refractivity contribution is -0.112. The Bertz CT molecular complexity index is 1460. The number of amides is 1. The van der Waals surface area contributed by atoms with Crippen LogP contribution in [0.2, 0.25) is 0 Å². The Balaban J connectivity index is 1.60. The number of hydrogen-bond donors (Lipinski definition) is 1. The molecule has 0 saturated heterocycles. The van der Waals surface area contributed by atoms with Crippen LogP contribution in [0.1, 0.15) is 23.1 Å². The summed E-state index contributed by atoms with van der Waals surface area (Å²) in [7, 11) is -2.06. The van der Waals surface area contributed by atoms with E-state index in [2.05, 4.69) is 15.5 Å². The second kappa shape index (κ2) is 12.3. The number of nitrogens with zero attached hydrogens (tertiary/aromatic N) is 3. The summed E-state index contributed by atoms with van der Waals surface area (Å²) in [5.41, 5.74) is 2.52. The number of sulfone groups is 1. The summed E-state index contributed by atoms with van der Waals surface area (Å²) in [6.07, 6.45) is 3.02. The summed E-state index contributed by atoms with van der Waals surface area (Å²) < 4.78 is 39.9. The van der Waals surface area contributed by atoms with E-state index in [4.69, 9.17) is 14.2 Å². The molecular formula is C25H26N4O6S2. The number of methoxy groups -OCH3 is 1. The van der Waals surface area contributed by atoms with Gasteiger partial charge in [0.1, 0.15) is 17.4 Å². The zero-order chi connectivity index (χ0) is 27.0. The lowest BCUT2D eigenvalue weighted by atomic mass is 10.1. The molecule has 10 nitrogen and oxygen atoms in total. The van der Waals surface area contributed by atoms with Crippen molar-refractivity contribution < 1.29 is 27.4 Å². The molecule has 0 atom stereocenters. The number of anilines is 1. The van der Waals surface area contributed by atoms with Crippen LogP contribution in [-0.4, -0.2) is 51.1 Å². The molecule has 3 aromatic rings. The largest absolute Gasteiger partial charge is 0.493 e. The van der Waals surface area contributed by atoms with Crippen LogP contribution >= 0.6 is 11.3 Å². The van der Waals surface area contributed by atoms with Crippen molar-refractivity contribution in [2.75, 3.05) is 31.9 Å². The molecule has 0 radical (unpaired) electrons. The smallest absolute Gasteiger partial charge is 0.268 e. The number of nitrogens with one attached hydrogen (secondary N) is 1. The number of hydrogen-bond acceptors (Lipinski definition) is 10. The van der Waals surface area contributed by atoms with Crippen molar-refractivity contribution in [2.24, 2.45) is 0 Å². The van der Waals surface area contributed by atoms with Gasteiger partial charge in [-0.05, 0) is 54.8 Å².